The summed E-state index contributed by atoms with van der Waals surface area (Å²) in [5.74, 6) is 1.46. The van der Waals surface area contributed by atoms with Crippen molar-refractivity contribution in [3.63, 3.8) is 0 Å². The van der Waals surface area contributed by atoms with E-state index in [1.54, 1.807) is 11.1 Å². The first-order valence-electron chi connectivity index (χ1n) is 6.39. The van der Waals surface area contributed by atoms with Gasteiger partial charge in [-0.05, 0) is 39.5 Å². The molecule has 84 valence electrons. The molecule has 2 aromatic rings. The molecule has 2 aromatic carbocycles. The van der Waals surface area contributed by atoms with Gasteiger partial charge in [0.15, 0.2) is 0 Å². The van der Waals surface area contributed by atoms with Crippen molar-refractivity contribution in [1.82, 2.24) is 0 Å². The van der Waals surface area contributed by atoms with E-state index >= 15 is 0 Å². The highest BCUT2D eigenvalue weighted by atomic mass is 14.6. The number of hydrogen-bond acceptors (Lipinski definition) is 0. The smallest absolute Gasteiger partial charge is 0.00240 e. The molecule has 0 heterocycles. The van der Waals surface area contributed by atoms with Gasteiger partial charge in [0, 0.05) is 0 Å². The predicted octanol–water partition coefficient (Wildman–Crippen LogP) is 4.57. The zero-order valence-corrected chi connectivity index (χ0v) is 10.3. The molecule has 1 saturated carbocycles. The summed E-state index contributed by atoms with van der Waals surface area (Å²) in [5, 5.41) is 0. The lowest BCUT2D eigenvalue weighted by Gasteiger charge is -2.18. The van der Waals surface area contributed by atoms with Crippen LogP contribution in [0.5, 0.6) is 0 Å². The van der Waals surface area contributed by atoms with Crippen LogP contribution in [-0.4, -0.2) is 0 Å². The second-order valence-corrected chi connectivity index (χ2v) is 5.95. The molecule has 0 heteroatoms. The summed E-state index contributed by atoms with van der Waals surface area (Å²) in [7, 11) is 0. The standard InChI is InChI=1S/C17H16/c1-17(2)15-13-9-5-3-7-11(13)12-8-4-6-10-14(12)16(15)17/h3-10,15-16H,1-2H3. The van der Waals surface area contributed by atoms with Crippen LogP contribution in [0.15, 0.2) is 48.5 Å². The molecule has 0 radical (unpaired) electrons. The van der Waals surface area contributed by atoms with Gasteiger partial charge in [-0.1, -0.05) is 62.4 Å². The Kier molecular flexibility index (Phi) is 1.57. The fourth-order valence-corrected chi connectivity index (χ4v) is 3.83. The molecule has 0 aliphatic heterocycles. The minimum Gasteiger partial charge on any atom is -0.0619 e. The summed E-state index contributed by atoms with van der Waals surface area (Å²) in [6.07, 6.45) is 0. The van der Waals surface area contributed by atoms with Gasteiger partial charge < -0.3 is 0 Å². The van der Waals surface area contributed by atoms with Crippen LogP contribution in [0.4, 0.5) is 0 Å². The van der Waals surface area contributed by atoms with Gasteiger partial charge in [0.25, 0.3) is 0 Å². The van der Waals surface area contributed by atoms with E-state index < -0.39 is 0 Å². The zero-order chi connectivity index (χ0) is 11.6. The summed E-state index contributed by atoms with van der Waals surface area (Å²) in [5.41, 5.74) is 6.45. The highest BCUT2D eigenvalue weighted by Crippen LogP contribution is 2.73. The van der Waals surface area contributed by atoms with E-state index in [4.69, 9.17) is 0 Å². The van der Waals surface area contributed by atoms with E-state index in [2.05, 4.69) is 62.4 Å². The van der Waals surface area contributed by atoms with Crippen LogP contribution in [0.25, 0.3) is 11.1 Å². The maximum atomic E-state index is 2.40. The molecule has 0 N–H and O–H groups in total. The van der Waals surface area contributed by atoms with Crippen LogP contribution < -0.4 is 0 Å². The van der Waals surface area contributed by atoms with Gasteiger partial charge in [0.05, 0.1) is 0 Å². The van der Waals surface area contributed by atoms with E-state index in [9.17, 15) is 0 Å². The number of benzene rings is 2. The molecule has 0 saturated heterocycles. The van der Waals surface area contributed by atoms with Gasteiger partial charge in [0.1, 0.15) is 0 Å². The normalized spacial score (nSPS) is 26.7. The molecule has 2 aliphatic rings. The van der Waals surface area contributed by atoms with E-state index in [0.717, 1.165) is 11.8 Å². The molecule has 2 aliphatic carbocycles. The molecule has 2 atom stereocenters. The lowest BCUT2D eigenvalue weighted by Crippen LogP contribution is -1.98. The lowest BCUT2D eigenvalue weighted by atomic mass is 9.86. The van der Waals surface area contributed by atoms with Crippen molar-refractivity contribution >= 4 is 0 Å². The average molecular weight is 220 g/mol. The Balaban J connectivity index is 2.07. The molecular formula is C17H16. The summed E-state index contributed by atoms with van der Waals surface area (Å²) >= 11 is 0. The third-order valence-electron chi connectivity index (χ3n) is 4.71. The number of hydrogen-bond donors (Lipinski definition) is 0. The molecule has 0 aromatic heterocycles. The highest BCUT2D eigenvalue weighted by molar-refractivity contribution is 5.78. The Hall–Kier alpha value is -1.56. The second-order valence-electron chi connectivity index (χ2n) is 5.95. The monoisotopic (exact) mass is 220 g/mol. The van der Waals surface area contributed by atoms with Gasteiger partial charge in [-0.15, -0.1) is 0 Å². The molecule has 0 spiro atoms. The van der Waals surface area contributed by atoms with Gasteiger partial charge in [0.2, 0.25) is 0 Å². The van der Waals surface area contributed by atoms with Crippen molar-refractivity contribution in [2.75, 3.05) is 0 Å². The summed E-state index contributed by atoms with van der Waals surface area (Å²) in [6.45, 7) is 4.81. The van der Waals surface area contributed by atoms with Gasteiger partial charge in [-0.2, -0.15) is 0 Å². The molecule has 0 nitrogen and oxygen atoms in total. The van der Waals surface area contributed by atoms with Gasteiger partial charge >= 0.3 is 0 Å². The van der Waals surface area contributed by atoms with E-state index in [1.807, 2.05) is 0 Å². The largest absolute Gasteiger partial charge is 0.0619 e. The van der Waals surface area contributed by atoms with Crippen molar-refractivity contribution < 1.29 is 0 Å². The Morgan fingerprint density at radius 2 is 1.12 bits per heavy atom. The van der Waals surface area contributed by atoms with Crippen LogP contribution in [0.1, 0.15) is 36.8 Å². The minimum atomic E-state index is 0.433. The first-order valence-corrected chi connectivity index (χ1v) is 6.39. The average Bonchev–Trinajstić information content (AvgIpc) is 2.94. The van der Waals surface area contributed by atoms with Crippen molar-refractivity contribution in [2.45, 2.75) is 25.7 Å². The quantitative estimate of drug-likeness (QED) is 0.610. The maximum Gasteiger partial charge on any atom is -0.00240 e. The van der Waals surface area contributed by atoms with Crippen LogP contribution in [0.3, 0.4) is 0 Å². The van der Waals surface area contributed by atoms with Crippen LogP contribution in [-0.2, 0) is 0 Å². The molecule has 1 fully saturated rings. The Morgan fingerprint density at radius 3 is 1.59 bits per heavy atom. The van der Waals surface area contributed by atoms with E-state index in [-0.39, 0.29) is 0 Å². The topological polar surface area (TPSA) is 0 Å². The van der Waals surface area contributed by atoms with Crippen LogP contribution in [0, 0.1) is 5.41 Å². The van der Waals surface area contributed by atoms with Crippen molar-refractivity contribution in [2.24, 2.45) is 5.41 Å². The van der Waals surface area contributed by atoms with Gasteiger partial charge in [-0.25, -0.2) is 0 Å². The minimum absolute atomic E-state index is 0.433. The van der Waals surface area contributed by atoms with E-state index in [0.29, 0.717) is 5.41 Å². The highest BCUT2D eigenvalue weighted by Gasteiger charge is 2.61. The van der Waals surface area contributed by atoms with Crippen LogP contribution >= 0.6 is 0 Å². The van der Waals surface area contributed by atoms with Gasteiger partial charge in [-0.3, -0.25) is 0 Å². The molecule has 17 heavy (non-hydrogen) atoms. The first-order chi connectivity index (χ1) is 8.21. The molecule has 4 rings (SSSR count). The maximum absolute atomic E-state index is 2.40. The zero-order valence-electron chi connectivity index (χ0n) is 10.3. The summed E-state index contributed by atoms with van der Waals surface area (Å²) < 4.78 is 0. The van der Waals surface area contributed by atoms with Crippen molar-refractivity contribution in [3.8, 4) is 11.1 Å². The lowest BCUT2D eigenvalue weighted by molar-refractivity contribution is 0.604. The summed E-state index contributed by atoms with van der Waals surface area (Å²) in [6, 6.07) is 17.9. The predicted molar refractivity (Wildman–Crippen MR) is 71.1 cm³/mol. The first kappa shape index (κ1) is 9.47. The second kappa shape index (κ2) is 2.81. The van der Waals surface area contributed by atoms with Crippen molar-refractivity contribution in [1.29, 1.82) is 0 Å². The summed E-state index contributed by atoms with van der Waals surface area (Å²) in [4.78, 5) is 0. The molecule has 0 amide bonds. The SMILES string of the molecule is CC1(C)C2c3ccccc3-c3ccccc3C21. The molecule has 2 unspecified atom stereocenters. The Bertz CT molecular complexity index is 553. The van der Waals surface area contributed by atoms with Crippen molar-refractivity contribution in [3.05, 3.63) is 59.7 Å². The fraction of sp³-hybridized carbons (Fsp3) is 0.294. The fourth-order valence-electron chi connectivity index (χ4n) is 3.83. The Labute approximate surface area is 102 Å². The third kappa shape index (κ3) is 1.04. The molecule has 0 bridgehead atoms. The Morgan fingerprint density at radius 1 is 0.706 bits per heavy atom. The third-order valence-corrected chi connectivity index (χ3v) is 4.71. The number of fused-ring (bicyclic) bond motifs is 6. The van der Waals surface area contributed by atoms with E-state index in [1.165, 1.54) is 11.1 Å². The molecular weight excluding hydrogens is 204 g/mol. The number of rotatable bonds is 0. The van der Waals surface area contributed by atoms with Crippen LogP contribution in [0.2, 0.25) is 0 Å².